The van der Waals surface area contributed by atoms with Crippen molar-refractivity contribution in [3.05, 3.63) is 78.9 Å². The Morgan fingerprint density at radius 1 is 1.00 bits per heavy atom. The fourth-order valence-electron chi connectivity index (χ4n) is 1.77. The molecule has 38 heavy (non-hydrogen) atoms. The predicted octanol–water partition coefficient (Wildman–Crippen LogP) is 6.50. The molecule has 0 bridgehead atoms. The van der Waals surface area contributed by atoms with Crippen molar-refractivity contribution in [3.8, 4) is 0 Å². The molecule has 1 aromatic carbocycles. The summed E-state index contributed by atoms with van der Waals surface area (Å²) in [6, 6.07) is 9.74. The van der Waals surface area contributed by atoms with Crippen molar-refractivity contribution in [2.75, 3.05) is 6.61 Å². The third kappa shape index (κ3) is 17.6. The first kappa shape index (κ1) is 36.3. The highest BCUT2D eigenvalue weighted by Crippen LogP contribution is 2.35. The Kier molecular flexibility index (Phi) is 15.4. The van der Waals surface area contributed by atoms with E-state index in [1.807, 2.05) is 57.2 Å². The molecule has 6 nitrogen and oxygen atoms in total. The highest BCUT2D eigenvalue weighted by atomic mass is 19.4. The molecule has 0 amide bonds. The Labute approximate surface area is 216 Å². The second kappa shape index (κ2) is 16.1. The monoisotopic (exact) mass is 552 g/mol. The van der Waals surface area contributed by atoms with Crippen LogP contribution in [0.25, 0.3) is 6.08 Å². The van der Waals surface area contributed by atoms with Crippen molar-refractivity contribution in [1.82, 2.24) is 0 Å². The van der Waals surface area contributed by atoms with Crippen LogP contribution in [0.15, 0.2) is 73.4 Å². The van der Waals surface area contributed by atoms with Crippen LogP contribution in [0.3, 0.4) is 0 Å². The average Bonchev–Trinajstić information content (AvgIpc) is 2.80. The highest BCUT2D eigenvalue weighted by molar-refractivity contribution is 5.92. The number of alkyl halides is 6. The Morgan fingerprint density at radius 2 is 1.47 bits per heavy atom. The molecule has 1 aromatic rings. The summed E-state index contributed by atoms with van der Waals surface area (Å²) in [6.07, 6.45) is -5.74. The number of carboxylic acid groups (broad SMARTS) is 1. The second-order valence-corrected chi connectivity index (χ2v) is 8.34. The van der Waals surface area contributed by atoms with Crippen LogP contribution in [0.4, 0.5) is 26.3 Å². The quantitative estimate of drug-likeness (QED) is 0.172. The van der Waals surface area contributed by atoms with Crippen molar-refractivity contribution in [2.45, 2.75) is 51.6 Å². The maximum absolute atomic E-state index is 12.5. The molecule has 1 rings (SSSR count). The van der Waals surface area contributed by atoms with E-state index in [0.717, 1.165) is 18.6 Å². The topological polar surface area (TPSA) is 89.9 Å². The number of carboxylic acids is 1. The van der Waals surface area contributed by atoms with E-state index < -0.39 is 42.4 Å². The minimum atomic E-state index is -5.71. The fraction of sp³-hybridized carbons (Fsp3) is 0.346. The molecule has 1 unspecified atom stereocenters. The highest BCUT2D eigenvalue weighted by Gasteiger charge is 2.57. The van der Waals surface area contributed by atoms with Crippen molar-refractivity contribution in [3.63, 3.8) is 0 Å². The van der Waals surface area contributed by atoms with E-state index in [2.05, 4.69) is 24.5 Å². The molecule has 0 saturated heterocycles. The van der Waals surface area contributed by atoms with Crippen LogP contribution in [-0.4, -0.2) is 53.5 Å². The van der Waals surface area contributed by atoms with E-state index >= 15 is 0 Å². The number of benzene rings is 1. The predicted molar refractivity (Wildman–Crippen MR) is 130 cm³/mol. The number of ether oxygens (including phenoxy) is 2. The molecule has 1 N–H and O–H groups in total. The molecule has 0 aromatic heterocycles. The number of hydrogen-bond donors (Lipinski definition) is 1. The second-order valence-electron chi connectivity index (χ2n) is 8.34. The number of rotatable bonds is 8. The lowest BCUT2D eigenvalue weighted by Crippen LogP contribution is -2.45. The van der Waals surface area contributed by atoms with Crippen LogP contribution >= 0.6 is 0 Å². The molecule has 0 aliphatic carbocycles. The van der Waals surface area contributed by atoms with Gasteiger partial charge in [-0.05, 0) is 39.3 Å². The van der Waals surface area contributed by atoms with Crippen LogP contribution in [0.2, 0.25) is 0 Å². The Morgan fingerprint density at radius 3 is 1.84 bits per heavy atom. The maximum Gasteiger partial charge on any atom is 0.425 e. The first-order valence-electron chi connectivity index (χ1n) is 10.6. The molecule has 0 heterocycles. The fourth-order valence-corrected chi connectivity index (χ4v) is 1.77. The molecule has 0 spiro atoms. The SMILES string of the molecule is C=C(C)C(=O)OCC(F)(F)C(F)C(F)(F)F.C=C(C=Cc1ccccc1)C(=O)OC(C)(C)C.C=CC(=O)O. The van der Waals surface area contributed by atoms with Gasteiger partial charge in [-0.3, -0.25) is 0 Å². The molecule has 212 valence electrons. The largest absolute Gasteiger partial charge is 0.478 e. The standard InChI is InChI=1S/C15H18O2.C8H8F6O2.C3H4O2/c1-12(14(16)17-15(2,3)4)10-11-13-8-6-5-7-9-13;1-4(2)5(15)16-3-7(10,11)6(9)8(12,13)14;1-2-3(4)5/h5-11H,1H2,2-4H3;6H,1,3H2,2H3;2H,1H2,(H,4,5). The van der Waals surface area contributed by atoms with Crippen molar-refractivity contribution < 1.29 is 55.3 Å². The number of esters is 2. The summed E-state index contributed by atoms with van der Waals surface area (Å²) in [5.74, 6) is -7.49. The summed E-state index contributed by atoms with van der Waals surface area (Å²) in [7, 11) is 0. The van der Waals surface area contributed by atoms with Gasteiger partial charge in [-0.15, -0.1) is 0 Å². The summed E-state index contributed by atoms with van der Waals surface area (Å²) < 4.78 is 81.1. The third-order valence-corrected chi connectivity index (χ3v) is 3.51. The van der Waals surface area contributed by atoms with Crippen LogP contribution in [0.1, 0.15) is 33.3 Å². The van der Waals surface area contributed by atoms with Gasteiger partial charge in [-0.2, -0.15) is 22.0 Å². The van der Waals surface area contributed by atoms with Gasteiger partial charge in [0.1, 0.15) is 5.60 Å². The van der Waals surface area contributed by atoms with Gasteiger partial charge in [0.25, 0.3) is 6.17 Å². The van der Waals surface area contributed by atoms with Crippen molar-refractivity contribution in [1.29, 1.82) is 0 Å². The summed E-state index contributed by atoms with van der Waals surface area (Å²) in [5.41, 5.74) is 0.611. The first-order valence-corrected chi connectivity index (χ1v) is 10.6. The van der Waals surface area contributed by atoms with Crippen LogP contribution < -0.4 is 0 Å². The number of carbonyl (C=O) groups is 3. The number of hydrogen-bond acceptors (Lipinski definition) is 5. The summed E-state index contributed by atoms with van der Waals surface area (Å²) in [5, 5.41) is 7.60. The lowest BCUT2D eigenvalue weighted by molar-refractivity contribution is -0.253. The Bertz CT molecular complexity index is 992. The molecule has 12 heteroatoms. The Hall–Kier alpha value is -3.83. The number of halogens is 6. The lowest BCUT2D eigenvalue weighted by atomic mass is 10.1. The minimum absolute atomic E-state index is 0.279. The zero-order valence-corrected chi connectivity index (χ0v) is 21.3. The van der Waals surface area contributed by atoms with Gasteiger partial charge in [0.2, 0.25) is 0 Å². The van der Waals surface area contributed by atoms with E-state index in [1.54, 1.807) is 6.08 Å². The molecule has 0 aliphatic rings. The lowest BCUT2D eigenvalue weighted by Gasteiger charge is -2.22. The first-order chi connectivity index (χ1) is 17.1. The molecular formula is C26H30F6O6. The van der Waals surface area contributed by atoms with Crippen molar-refractivity contribution >= 4 is 24.0 Å². The van der Waals surface area contributed by atoms with E-state index in [1.165, 1.54) is 0 Å². The van der Waals surface area contributed by atoms with Gasteiger partial charge < -0.3 is 14.6 Å². The van der Waals surface area contributed by atoms with Crippen LogP contribution in [-0.2, 0) is 23.9 Å². The van der Waals surface area contributed by atoms with Crippen LogP contribution in [0.5, 0.6) is 0 Å². The molecular weight excluding hydrogens is 522 g/mol. The summed E-state index contributed by atoms with van der Waals surface area (Å²) >= 11 is 0. The smallest absolute Gasteiger partial charge is 0.425 e. The molecule has 0 saturated carbocycles. The maximum atomic E-state index is 12.5. The van der Waals surface area contributed by atoms with E-state index in [9.17, 15) is 40.7 Å². The summed E-state index contributed by atoms with van der Waals surface area (Å²) in [6.45, 7) is 14.3. The van der Waals surface area contributed by atoms with Gasteiger partial charge >= 0.3 is 30.0 Å². The number of aliphatic carboxylic acids is 1. The van der Waals surface area contributed by atoms with Crippen LogP contribution in [0, 0.1) is 0 Å². The van der Waals surface area contributed by atoms with Gasteiger partial charge in [-0.1, -0.05) is 56.1 Å². The average molecular weight is 553 g/mol. The molecule has 0 fully saturated rings. The van der Waals surface area contributed by atoms with Crippen molar-refractivity contribution in [2.24, 2.45) is 0 Å². The molecule has 0 aliphatic heterocycles. The van der Waals surface area contributed by atoms with Gasteiger partial charge in [-0.25, -0.2) is 18.8 Å². The summed E-state index contributed by atoms with van der Waals surface area (Å²) in [4.78, 5) is 31.5. The third-order valence-electron chi connectivity index (χ3n) is 3.51. The van der Waals surface area contributed by atoms with E-state index in [-0.39, 0.29) is 11.5 Å². The molecule has 1 atom stereocenters. The van der Waals surface area contributed by atoms with E-state index in [0.29, 0.717) is 5.57 Å². The number of carbonyl (C=O) groups excluding carboxylic acids is 2. The normalized spacial score (nSPS) is 12.1. The molecule has 0 radical (unpaired) electrons. The zero-order chi connectivity index (χ0) is 30.3. The van der Waals surface area contributed by atoms with E-state index in [4.69, 9.17) is 9.84 Å². The van der Waals surface area contributed by atoms with Gasteiger partial charge in [0.05, 0.1) is 5.57 Å². The Balaban J connectivity index is 0. The van der Waals surface area contributed by atoms with Gasteiger partial charge in [0, 0.05) is 11.6 Å². The van der Waals surface area contributed by atoms with Gasteiger partial charge in [0.15, 0.2) is 6.61 Å². The zero-order valence-electron chi connectivity index (χ0n) is 21.3. The minimum Gasteiger partial charge on any atom is -0.478 e.